The lowest BCUT2D eigenvalue weighted by molar-refractivity contribution is -0.886. The summed E-state index contributed by atoms with van der Waals surface area (Å²) in [5.41, 5.74) is 1.49. The van der Waals surface area contributed by atoms with Crippen LogP contribution in [0.15, 0.2) is 71.3 Å². The topological polar surface area (TPSA) is 85.0 Å². The lowest BCUT2D eigenvalue weighted by Gasteiger charge is -2.14. The molecule has 0 aliphatic carbocycles. The van der Waals surface area contributed by atoms with Crippen molar-refractivity contribution in [2.45, 2.75) is 6.54 Å². The zero-order valence-electron chi connectivity index (χ0n) is 16.4. The van der Waals surface area contributed by atoms with E-state index in [1.807, 2.05) is 19.2 Å². The van der Waals surface area contributed by atoms with E-state index in [0.29, 0.717) is 29.2 Å². The first kappa shape index (κ1) is 20.2. The molecule has 2 amide bonds. The molecule has 7 heteroatoms. The number of anilines is 2. The van der Waals surface area contributed by atoms with Gasteiger partial charge in [-0.2, -0.15) is 0 Å². The maximum absolute atomic E-state index is 12.7. The van der Waals surface area contributed by atoms with E-state index in [0.717, 1.165) is 10.7 Å². The summed E-state index contributed by atoms with van der Waals surface area (Å²) in [6.45, 7) is 0.842. The average Bonchev–Trinajstić information content (AvgIpc) is 3.21. The Morgan fingerprint density at radius 1 is 1.00 bits per heavy atom. The number of rotatable bonds is 8. The van der Waals surface area contributed by atoms with E-state index >= 15 is 0 Å². The maximum Gasteiger partial charge on any atom is 0.279 e. The summed E-state index contributed by atoms with van der Waals surface area (Å²) < 4.78 is 10.4. The van der Waals surface area contributed by atoms with Gasteiger partial charge in [0.1, 0.15) is 12.3 Å². The van der Waals surface area contributed by atoms with Gasteiger partial charge >= 0.3 is 0 Å². The number of benzene rings is 2. The number of likely N-dealkylation sites (N-methyl/N-ethyl adjacent to an activating group) is 1. The highest BCUT2D eigenvalue weighted by Gasteiger charge is 2.16. The van der Waals surface area contributed by atoms with Crippen LogP contribution in [-0.4, -0.2) is 32.5 Å². The van der Waals surface area contributed by atoms with E-state index in [4.69, 9.17) is 9.15 Å². The Labute approximate surface area is 169 Å². The van der Waals surface area contributed by atoms with Crippen LogP contribution < -0.4 is 20.3 Å². The average molecular weight is 394 g/mol. The predicted octanol–water partition coefficient (Wildman–Crippen LogP) is 2.19. The Morgan fingerprint density at radius 2 is 1.76 bits per heavy atom. The quantitative estimate of drug-likeness (QED) is 0.547. The maximum atomic E-state index is 12.7. The molecule has 0 fully saturated rings. The number of carbonyl (C=O) groups is 2. The second kappa shape index (κ2) is 9.57. The summed E-state index contributed by atoms with van der Waals surface area (Å²) in [5.74, 6) is 1.03. The Bertz CT molecular complexity index is 952. The van der Waals surface area contributed by atoms with Crippen LogP contribution in [0.2, 0.25) is 0 Å². The molecule has 29 heavy (non-hydrogen) atoms. The molecular weight excluding hydrogens is 370 g/mol. The summed E-state index contributed by atoms with van der Waals surface area (Å²) in [5, 5.41) is 5.67. The van der Waals surface area contributed by atoms with Crippen molar-refractivity contribution in [2.75, 3.05) is 31.3 Å². The van der Waals surface area contributed by atoms with Crippen molar-refractivity contribution in [1.29, 1.82) is 0 Å². The van der Waals surface area contributed by atoms with Crippen molar-refractivity contribution in [3.63, 3.8) is 0 Å². The van der Waals surface area contributed by atoms with Crippen LogP contribution in [0.5, 0.6) is 5.75 Å². The molecular formula is C22H24N3O4+. The minimum absolute atomic E-state index is 0.182. The van der Waals surface area contributed by atoms with Gasteiger partial charge in [-0.3, -0.25) is 9.59 Å². The largest absolute Gasteiger partial charge is 0.497 e. The van der Waals surface area contributed by atoms with Gasteiger partial charge in [-0.25, -0.2) is 0 Å². The minimum atomic E-state index is -0.303. The fourth-order valence-electron chi connectivity index (χ4n) is 2.90. The Balaban J connectivity index is 1.62. The van der Waals surface area contributed by atoms with E-state index in [2.05, 4.69) is 10.6 Å². The summed E-state index contributed by atoms with van der Waals surface area (Å²) in [4.78, 5) is 26.1. The third-order valence-corrected chi connectivity index (χ3v) is 4.31. The minimum Gasteiger partial charge on any atom is -0.497 e. The lowest BCUT2D eigenvalue weighted by Crippen LogP contribution is -3.08. The van der Waals surface area contributed by atoms with Crippen molar-refractivity contribution in [2.24, 2.45) is 0 Å². The van der Waals surface area contributed by atoms with E-state index in [1.54, 1.807) is 61.9 Å². The van der Waals surface area contributed by atoms with Crippen molar-refractivity contribution >= 4 is 23.2 Å². The number of quaternary nitrogens is 1. The number of ether oxygens (including phenoxy) is 1. The lowest BCUT2D eigenvalue weighted by atomic mass is 10.1. The Hall–Kier alpha value is -3.58. The molecule has 0 aliphatic heterocycles. The van der Waals surface area contributed by atoms with Gasteiger partial charge in [-0.15, -0.1) is 0 Å². The number of nitrogens with one attached hydrogen (secondary N) is 3. The zero-order chi connectivity index (χ0) is 20.6. The molecule has 0 radical (unpaired) electrons. The first-order chi connectivity index (χ1) is 14.0. The first-order valence-corrected chi connectivity index (χ1v) is 9.23. The van der Waals surface area contributed by atoms with Gasteiger partial charge in [0.15, 0.2) is 12.3 Å². The number of para-hydroxylation sites is 1. The molecule has 0 aliphatic rings. The normalized spacial score (nSPS) is 11.5. The summed E-state index contributed by atoms with van der Waals surface area (Å²) >= 11 is 0. The molecule has 0 saturated carbocycles. The Kier molecular flexibility index (Phi) is 6.65. The van der Waals surface area contributed by atoms with Gasteiger partial charge in [0.05, 0.1) is 31.7 Å². The van der Waals surface area contributed by atoms with Crippen LogP contribution in [-0.2, 0) is 11.3 Å². The van der Waals surface area contributed by atoms with Gasteiger partial charge in [-0.1, -0.05) is 12.1 Å². The third-order valence-electron chi connectivity index (χ3n) is 4.31. The molecule has 1 atom stereocenters. The van der Waals surface area contributed by atoms with Gasteiger partial charge in [-0.05, 0) is 48.5 Å². The van der Waals surface area contributed by atoms with E-state index < -0.39 is 0 Å². The number of hydrogen-bond acceptors (Lipinski definition) is 4. The number of hydrogen-bond donors (Lipinski definition) is 3. The highest BCUT2D eigenvalue weighted by atomic mass is 16.5. The van der Waals surface area contributed by atoms with Gasteiger partial charge in [0.2, 0.25) is 0 Å². The van der Waals surface area contributed by atoms with Crippen LogP contribution >= 0.6 is 0 Å². The molecule has 3 aromatic rings. The van der Waals surface area contributed by atoms with Crippen molar-refractivity contribution in [3.05, 3.63) is 78.3 Å². The highest BCUT2D eigenvalue weighted by molar-refractivity contribution is 6.10. The fraction of sp³-hybridized carbons (Fsp3) is 0.182. The van der Waals surface area contributed by atoms with Crippen LogP contribution in [0.1, 0.15) is 16.1 Å². The van der Waals surface area contributed by atoms with Crippen molar-refractivity contribution in [3.8, 4) is 5.75 Å². The number of methoxy groups -OCH3 is 1. The van der Waals surface area contributed by atoms with Crippen LogP contribution in [0.3, 0.4) is 0 Å². The molecule has 0 saturated heterocycles. The fourth-order valence-corrected chi connectivity index (χ4v) is 2.90. The standard InChI is InChI=1S/C22H23N3O4/c1-25(14-18-6-5-13-29-18)15-21(26)24-20-8-4-3-7-19(20)22(27)23-16-9-11-17(28-2)12-10-16/h3-13H,14-15H2,1-2H3,(H,23,27)(H,24,26)/p+1. The molecule has 1 aromatic heterocycles. The van der Waals surface area contributed by atoms with Crippen molar-refractivity contribution < 1.29 is 23.6 Å². The second-order valence-corrected chi connectivity index (χ2v) is 6.67. The molecule has 150 valence electrons. The molecule has 1 heterocycles. The van der Waals surface area contributed by atoms with Gasteiger partial charge < -0.3 is 24.7 Å². The zero-order valence-corrected chi connectivity index (χ0v) is 16.4. The summed E-state index contributed by atoms with van der Waals surface area (Å²) in [6, 6.07) is 17.7. The third kappa shape index (κ3) is 5.70. The van der Waals surface area contributed by atoms with Crippen LogP contribution in [0, 0.1) is 0 Å². The van der Waals surface area contributed by atoms with Crippen LogP contribution in [0.4, 0.5) is 11.4 Å². The predicted molar refractivity (Wildman–Crippen MR) is 110 cm³/mol. The number of carbonyl (C=O) groups excluding carboxylic acids is 2. The van der Waals surface area contributed by atoms with Crippen molar-refractivity contribution in [1.82, 2.24) is 0 Å². The summed E-state index contributed by atoms with van der Waals surface area (Å²) in [7, 11) is 3.49. The Morgan fingerprint density at radius 3 is 2.45 bits per heavy atom. The molecule has 0 bridgehead atoms. The smallest absolute Gasteiger partial charge is 0.279 e. The molecule has 1 unspecified atom stereocenters. The molecule has 3 N–H and O–H groups in total. The number of amides is 2. The number of furan rings is 1. The molecule has 3 rings (SSSR count). The van der Waals surface area contributed by atoms with Gasteiger partial charge in [0, 0.05) is 5.69 Å². The van der Waals surface area contributed by atoms with Gasteiger partial charge in [0.25, 0.3) is 11.8 Å². The highest BCUT2D eigenvalue weighted by Crippen LogP contribution is 2.19. The monoisotopic (exact) mass is 394 g/mol. The van der Waals surface area contributed by atoms with E-state index in [9.17, 15) is 9.59 Å². The van der Waals surface area contributed by atoms with E-state index in [-0.39, 0.29) is 18.4 Å². The van der Waals surface area contributed by atoms with E-state index in [1.165, 1.54) is 0 Å². The molecule has 2 aromatic carbocycles. The second-order valence-electron chi connectivity index (χ2n) is 6.67. The summed E-state index contributed by atoms with van der Waals surface area (Å²) in [6.07, 6.45) is 1.61. The molecule has 0 spiro atoms. The molecule has 7 nitrogen and oxygen atoms in total. The first-order valence-electron chi connectivity index (χ1n) is 9.23. The SMILES string of the molecule is COc1ccc(NC(=O)c2ccccc2NC(=O)C[NH+](C)Cc2ccco2)cc1. The van der Waals surface area contributed by atoms with Crippen LogP contribution in [0.25, 0.3) is 0 Å².